The molecule has 2 aromatic carbocycles. The van der Waals surface area contributed by atoms with Gasteiger partial charge < -0.3 is 19.1 Å². The van der Waals surface area contributed by atoms with Crippen LogP contribution in [0.3, 0.4) is 0 Å². The molecule has 32 heavy (non-hydrogen) atoms. The summed E-state index contributed by atoms with van der Waals surface area (Å²) in [6.07, 6.45) is 2.19. The third-order valence-corrected chi connectivity index (χ3v) is 6.11. The van der Waals surface area contributed by atoms with Crippen LogP contribution in [0.5, 0.6) is 5.75 Å². The molecule has 1 amide bonds. The first-order valence-electron chi connectivity index (χ1n) is 11.7. The van der Waals surface area contributed by atoms with Crippen molar-refractivity contribution in [1.29, 1.82) is 0 Å². The van der Waals surface area contributed by atoms with Crippen LogP contribution >= 0.6 is 0 Å². The number of hydrogen-bond donors (Lipinski definition) is 0. The molecule has 2 saturated heterocycles. The van der Waals surface area contributed by atoms with Gasteiger partial charge in [0.2, 0.25) is 0 Å². The monoisotopic (exact) mass is 438 g/mol. The van der Waals surface area contributed by atoms with Crippen LogP contribution in [0, 0.1) is 6.92 Å². The summed E-state index contributed by atoms with van der Waals surface area (Å²) >= 11 is 0. The molecule has 2 aromatic rings. The van der Waals surface area contributed by atoms with Gasteiger partial charge >= 0.3 is 0 Å². The summed E-state index contributed by atoms with van der Waals surface area (Å²) in [7, 11) is 0. The third-order valence-electron chi connectivity index (χ3n) is 6.11. The van der Waals surface area contributed by atoms with E-state index in [1.807, 2.05) is 48.2 Å². The summed E-state index contributed by atoms with van der Waals surface area (Å²) in [5.41, 5.74) is 2.96. The first-order chi connectivity index (χ1) is 15.7. The zero-order valence-corrected chi connectivity index (χ0v) is 19.0. The molecule has 2 aliphatic rings. The summed E-state index contributed by atoms with van der Waals surface area (Å²) in [4.78, 5) is 17.5. The Morgan fingerprint density at radius 2 is 1.81 bits per heavy atom. The predicted molar refractivity (Wildman–Crippen MR) is 124 cm³/mol. The van der Waals surface area contributed by atoms with Crippen molar-refractivity contribution in [3.8, 4) is 5.75 Å². The minimum atomic E-state index is 0.0475. The number of morpholine rings is 1. The van der Waals surface area contributed by atoms with Gasteiger partial charge in [-0.25, -0.2) is 0 Å². The second-order valence-corrected chi connectivity index (χ2v) is 8.63. The van der Waals surface area contributed by atoms with Gasteiger partial charge in [0.15, 0.2) is 0 Å². The molecule has 0 aliphatic carbocycles. The van der Waals surface area contributed by atoms with Gasteiger partial charge in [0.25, 0.3) is 5.91 Å². The quantitative estimate of drug-likeness (QED) is 0.600. The van der Waals surface area contributed by atoms with Gasteiger partial charge in [-0.1, -0.05) is 29.8 Å². The second-order valence-electron chi connectivity index (χ2n) is 8.63. The first-order valence-corrected chi connectivity index (χ1v) is 11.7. The van der Waals surface area contributed by atoms with E-state index in [4.69, 9.17) is 14.2 Å². The first kappa shape index (κ1) is 22.8. The highest BCUT2D eigenvalue weighted by atomic mass is 16.5. The largest absolute Gasteiger partial charge is 0.492 e. The number of ether oxygens (including phenoxy) is 3. The summed E-state index contributed by atoms with van der Waals surface area (Å²) in [6, 6.07) is 15.9. The van der Waals surface area contributed by atoms with E-state index in [1.165, 1.54) is 0 Å². The van der Waals surface area contributed by atoms with Crippen LogP contribution in [0.4, 0.5) is 0 Å². The number of rotatable bonds is 9. The molecule has 0 aromatic heterocycles. The molecular formula is C26H34N2O4. The van der Waals surface area contributed by atoms with E-state index in [1.54, 1.807) is 0 Å². The predicted octanol–water partition coefficient (Wildman–Crippen LogP) is 3.53. The van der Waals surface area contributed by atoms with Crippen molar-refractivity contribution < 1.29 is 19.0 Å². The average Bonchev–Trinajstić information content (AvgIpc) is 3.34. The fraction of sp³-hybridized carbons (Fsp3) is 0.500. The number of benzene rings is 2. The molecule has 2 aliphatic heterocycles. The van der Waals surface area contributed by atoms with Crippen LogP contribution in [0.15, 0.2) is 48.5 Å². The van der Waals surface area contributed by atoms with Crippen molar-refractivity contribution in [2.75, 3.05) is 52.6 Å². The second kappa shape index (κ2) is 11.5. The van der Waals surface area contributed by atoms with E-state index in [-0.39, 0.29) is 12.0 Å². The Hall–Kier alpha value is -2.41. The van der Waals surface area contributed by atoms with E-state index in [9.17, 15) is 4.79 Å². The normalized spacial score (nSPS) is 19.1. The van der Waals surface area contributed by atoms with Crippen molar-refractivity contribution >= 4 is 5.91 Å². The van der Waals surface area contributed by atoms with Gasteiger partial charge in [0.05, 0.1) is 19.3 Å². The van der Waals surface area contributed by atoms with Crippen molar-refractivity contribution in [2.45, 2.75) is 32.4 Å². The fourth-order valence-corrected chi connectivity index (χ4v) is 4.16. The molecule has 1 unspecified atom stereocenters. The lowest BCUT2D eigenvalue weighted by Crippen LogP contribution is -2.38. The van der Waals surface area contributed by atoms with Gasteiger partial charge in [-0.2, -0.15) is 0 Å². The number of carbonyl (C=O) groups is 1. The van der Waals surface area contributed by atoms with Gasteiger partial charge in [-0.15, -0.1) is 0 Å². The van der Waals surface area contributed by atoms with Crippen molar-refractivity contribution in [2.24, 2.45) is 0 Å². The van der Waals surface area contributed by atoms with E-state index >= 15 is 0 Å². The maximum atomic E-state index is 13.2. The minimum Gasteiger partial charge on any atom is -0.492 e. The van der Waals surface area contributed by atoms with Crippen LogP contribution in [0.1, 0.15) is 34.3 Å². The van der Waals surface area contributed by atoms with Crippen molar-refractivity contribution in [3.63, 3.8) is 0 Å². The molecule has 2 heterocycles. The van der Waals surface area contributed by atoms with Crippen LogP contribution in [-0.4, -0.2) is 74.4 Å². The topological polar surface area (TPSA) is 51.2 Å². The fourth-order valence-electron chi connectivity index (χ4n) is 4.16. The Labute approximate surface area is 191 Å². The number of aryl methyl sites for hydroxylation is 1. The molecule has 1 atom stereocenters. The molecule has 0 radical (unpaired) electrons. The van der Waals surface area contributed by atoms with Crippen LogP contribution in [-0.2, 0) is 16.0 Å². The molecule has 2 fully saturated rings. The van der Waals surface area contributed by atoms with Crippen molar-refractivity contribution in [3.05, 3.63) is 65.2 Å². The Bertz CT molecular complexity index is 841. The minimum absolute atomic E-state index is 0.0475. The molecule has 0 spiro atoms. The highest BCUT2D eigenvalue weighted by Crippen LogP contribution is 2.19. The summed E-state index contributed by atoms with van der Waals surface area (Å²) in [5.74, 6) is 0.906. The molecule has 4 rings (SSSR count). The number of carbonyl (C=O) groups excluding carboxylic acids is 1. The lowest BCUT2D eigenvalue weighted by molar-refractivity contribution is 0.0322. The molecular weight excluding hydrogens is 404 g/mol. The van der Waals surface area contributed by atoms with Gasteiger partial charge in [0.1, 0.15) is 12.4 Å². The summed E-state index contributed by atoms with van der Waals surface area (Å²) in [6.45, 7) is 9.11. The average molecular weight is 439 g/mol. The standard InChI is InChI=1S/C26H34N2O4/c1-21-4-8-23(9-5-21)26(29)28(20-25-3-2-15-31-25)19-22-6-10-24(11-7-22)32-18-14-27-12-16-30-17-13-27/h4-11,25H,2-3,12-20H2,1H3. The van der Waals surface area contributed by atoms with E-state index in [0.29, 0.717) is 19.7 Å². The highest BCUT2D eigenvalue weighted by Gasteiger charge is 2.23. The molecule has 6 heteroatoms. The molecule has 0 bridgehead atoms. The maximum absolute atomic E-state index is 13.2. The van der Waals surface area contributed by atoms with Gasteiger partial charge in [-0.3, -0.25) is 9.69 Å². The van der Waals surface area contributed by atoms with Crippen LogP contribution < -0.4 is 4.74 Å². The van der Waals surface area contributed by atoms with Gasteiger partial charge in [0, 0.05) is 44.9 Å². The van der Waals surface area contributed by atoms with E-state index < -0.39 is 0 Å². The molecule has 0 N–H and O–H groups in total. The van der Waals surface area contributed by atoms with Crippen LogP contribution in [0.2, 0.25) is 0 Å². The van der Waals surface area contributed by atoms with E-state index in [0.717, 1.165) is 74.7 Å². The number of nitrogens with zero attached hydrogens (tertiary/aromatic N) is 2. The lowest BCUT2D eigenvalue weighted by Gasteiger charge is -2.26. The Balaban J connectivity index is 1.35. The smallest absolute Gasteiger partial charge is 0.254 e. The van der Waals surface area contributed by atoms with Crippen molar-refractivity contribution in [1.82, 2.24) is 9.80 Å². The maximum Gasteiger partial charge on any atom is 0.254 e. The molecule has 172 valence electrons. The zero-order valence-electron chi connectivity index (χ0n) is 19.0. The summed E-state index contributed by atoms with van der Waals surface area (Å²) < 4.78 is 17.1. The SMILES string of the molecule is Cc1ccc(C(=O)N(Cc2ccc(OCCN3CCOCC3)cc2)CC2CCCO2)cc1. The molecule has 0 saturated carbocycles. The number of amides is 1. The van der Waals surface area contributed by atoms with E-state index in [2.05, 4.69) is 17.0 Å². The Morgan fingerprint density at radius 1 is 1.06 bits per heavy atom. The van der Waals surface area contributed by atoms with Gasteiger partial charge in [-0.05, 0) is 49.6 Å². The zero-order chi connectivity index (χ0) is 22.2. The number of hydrogen-bond acceptors (Lipinski definition) is 5. The highest BCUT2D eigenvalue weighted by molar-refractivity contribution is 5.94. The molecule has 6 nitrogen and oxygen atoms in total. The Kier molecular flexibility index (Phi) is 8.15. The Morgan fingerprint density at radius 3 is 2.50 bits per heavy atom. The summed E-state index contributed by atoms with van der Waals surface area (Å²) in [5, 5.41) is 0. The third kappa shape index (κ3) is 6.55. The van der Waals surface area contributed by atoms with Crippen LogP contribution in [0.25, 0.3) is 0 Å². The lowest BCUT2D eigenvalue weighted by atomic mass is 10.1.